The molecule has 0 unspecified atom stereocenters. The lowest BCUT2D eigenvalue weighted by atomic mass is 10.0. The average molecular weight is 242 g/mol. The Balaban J connectivity index is 1.73. The Morgan fingerprint density at radius 2 is 1.89 bits per heavy atom. The summed E-state index contributed by atoms with van der Waals surface area (Å²) in [6.45, 7) is 0.575. The van der Waals surface area contributed by atoms with Crippen molar-refractivity contribution in [2.45, 2.75) is 12.2 Å². The molecule has 0 N–H and O–H groups in total. The molecule has 3 rings (SSSR count). The van der Waals surface area contributed by atoms with E-state index in [0.29, 0.717) is 12.4 Å². The van der Waals surface area contributed by atoms with Crippen LogP contribution in [0.25, 0.3) is 0 Å². The summed E-state index contributed by atoms with van der Waals surface area (Å²) in [6.07, 6.45) is 4.87. The lowest BCUT2D eigenvalue weighted by Gasteiger charge is -2.14. The maximum atomic E-state index is 5.74. The maximum Gasteiger partial charge on any atom is 0.258 e. The second kappa shape index (κ2) is 5.10. The van der Waals surface area contributed by atoms with Gasteiger partial charge in [0.15, 0.2) is 5.76 Å². The molecule has 1 aliphatic heterocycles. The lowest BCUT2D eigenvalue weighted by molar-refractivity contribution is -0.116. The van der Waals surface area contributed by atoms with E-state index in [4.69, 9.17) is 13.9 Å². The molecule has 18 heavy (non-hydrogen) atoms. The van der Waals surface area contributed by atoms with E-state index in [9.17, 15) is 0 Å². The fourth-order valence-corrected chi connectivity index (χ4v) is 1.98. The number of ether oxygens (including phenoxy) is 2. The molecule has 0 saturated heterocycles. The minimum absolute atomic E-state index is 0.214. The zero-order chi connectivity index (χ0) is 12.2. The fraction of sp³-hybridized carbons (Fsp3) is 0.200. The number of furan rings is 1. The van der Waals surface area contributed by atoms with Crippen molar-refractivity contribution in [3.8, 4) is 0 Å². The highest BCUT2D eigenvalue weighted by Crippen LogP contribution is 2.27. The van der Waals surface area contributed by atoms with Crippen LogP contribution in [0.5, 0.6) is 0 Å². The van der Waals surface area contributed by atoms with Crippen molar-refractivity contribution in [3.05, 3.63) is 72.4 Å². The summed E-state index contributed by atoms with van der Waals surface area (Å²) in [6, 6.07) is 13.9. The summed E-state index contributed by atoms with van der Waals surface area (Å²) < 4.78 is 16.5. The molecule has 92 valence electrons. The molecule has 2 atom stereocenters. The fourth-order valence-electron chi connectivity index (χ4n) is 1.98. The molecule has 0 saturated carbocycles. The van der Waals surface area contributed by atoms with E-state index >= 15 is 0 Å². The van der Waals surface area contributed by atoms with Crippen LogP contribution in [0.15, 0.2) is 65.5 Å². The van der Waals surface area contributed by atoms with E-state index in [1.54, 1.807) is 12.5 Å². The Bertz CT molecular complexity index is 502. The standard InChI is InChI=1S/C15H14O3/c1-2-5-12(6-3-1)13-8-10-17-15(18-11-13)14-7-4-9-16-14/h1-10,13,15H,11H2/t13-,15-/m1/s1. The monoisotopic (exact) mass is 242 g/mol. The highest BCUT2D eigenvalue weighted by molar-refractivity contribution is 5.23. The summed E-state index contributed by atoms with van der Waals surface area (Å²) in [4.78, 5) is 0. The number of rotatable bonds is 2. The van der Waals surface area contributed by atoms with E-state index in [1.807, 2.05) is 36.4 Å². The van der Waals surface area contributed by atoms with Crippen molar-refractivity contribution in [1.29, 1.82) is 0 Å². The molecule has 2 heterocycles. The van der Waals surface area contributed by atoms with E-state index in [2.05, 4.69) is 12.1 Å². The third kappa shape index (κ3) is 2.31. The van der Waals surface area contributed by atoms with E-state index in [1.165, 1.54) is 5.56 Å². The number of hydrogen-bond acceptors (Lipinski definition) is 3. The number of benzene rings is 1. The molecule has 0 fully saturated rings. The summed E-state index contributed by atoms with van der Waals surface area (Å²) in [7, 11) is 0. The lowest BCUT2D eigenvalue weighted by Crippen LogP contribution is -2.08. The first kappa shape index (κ1) is 11.1. The van der Waals surface area contributed by atoms with Crippen LogP contribution < -0.4 is 0 Å². The summed E-state index contributed by atoms with van der Waals surface area (Å²) >= 11 is 0. The molecule has 1 aliphatic rings. The molecule has 2 aromatic rings. The van der Waals surface area contributed by atoms with Crippen LogP contribution in [-0.4, -0.2) is 6.61 Å². The number of hydrogen-bond donors (Lipinski definition) is 0. The highest BCUT2D eigenvalue weighted by atomic mass is 16.7. The van der Waals surface area contributed by atoms with Crippen LogP contribution in [0.3, 0.4) is 0 Å². The minimum atomic E-state index is -0.454. The van der Waals surface area contributed by atoms with Gasteiger partial charge in [-0.3, -0.25) is 0 Å². The molecular formula is C15H14O3. The molecule has 1 aromatic heterocycles. The van der Waals surface area contributed by atoms with Gasteiger partial charge in [-0.15, -0.1) is 0 Å². The molecule has 1 aromatic carbocycles. The molecule has 0 radical (unpaired) electrons. The third-order valence-electron chi connectivity index (χ3n) is 2.94. The molecule has 0 amide bonds. The van der Waals surface area contributed by atoms with Gasteiger partial charge in [-0.05, 0) is 23.8 Å². The molecule has 0 bridgehead atoms. The van der Waals surface area contributed by atoms with Crippen molar-refractivity contribution in [3.63, 3.8) is 0 Å². The van der Waals surface area contributed by atoms with Gasteiger partial charge in [-0.1, -0.05) is 30.3 Å². The quantitative estimate of drug-likeness (QED) is 0.806. The predicted octanol–water partition coefficient (Wildman–Crippen LogP) is 3.62. The Morgan fingerprint density at radius 3 is 2.67 bits per heavy atom. The van der Waals surface area contributed by atoms with Gasteiger partial charge >= 0.3 is 0 Å². The Labute approximate surface area is 106 Å². The first-order valence-electron chi connectivity index (χ1n) is 5.95. The van der Waals surface area contributed by atoms with Crippen molar-refractivity contribution < 1.29 is 13.9 Å². The normalized spacial score (nSPS) is 23.3. The third-order valence-corrected chi connectivity index (χ3v) is 2.94. The van der Waals surface area contributed by atoms with Gasteiger partial charge in [-0.25, -0.2) is 0 Å². The van der Waals surface area contributed by atoms with Crippen molar-refractivity contribution in [2.75, 3.05) is 6.61 Å². The minimum Gasteiger partial charge on any atom is -0.465 e. The van der Waals surface area contributed by atoms with Gasteiger partial charge < -0.3 is 13.9 Å². The topological polar surface area (TPSA) is 31.6 Å². The zero-order valence-corrected chi connectivity index (χ0v) is 9.86. The van der Waals surface area contributed by atoms with Gasteiger partial charge in [0, 0.05) is 5.92 Å². The largest absolute Gasteiger partial charge is 0.465 e. The van der Waals surface area contributed by atoms with Crippen molar-refractivity contribution >= 4 is 0 Å². The van der Waals surface area contributed by atoms with Gasteiger partial charge in [-0.2, -0.15) is 0 Å². The van der Waals surface area contributed by atoms with Crippen LogP contribution in [0.2, 0.25) is 0 Å². The average Bonchev–Trinajstić information content (AvgIpc) is 2.84. The second-order valence-corrected chi connectivity index (χ2v) is 4.16. The van der Waals surface area contributed by atoms with Crippen LogP contribution in [0.4, 0.5) is 0 Å². The Hall–Kier alpha value is -2.00. The summed E-state index contributed by atoms with van der Waals surface area (Å²) in [5.74, 6) is 0.902. The second-order valence-electron chi connectivity index (χ2n) is 4.16. The molecule has 0 spiro atoms. The van der Waals surface area contributed by atoms with E-state index in [-0.39, 0.29) is 5.92 Å². The van der Waals surface area contributed by atoms with E-state index in [0.717, 1.165) is 0 Å². The zero-order valence-electron chi connectivity index (χ0n) is 9.86. The molecule has 3 heteroatoms. The maximum absolute atomic E-state index is 5.74. The Morgan fingerprint density at radius 1 is 1.00 bits per heavy atom. The van der Waals surface area contributed by atoms with Crippen LogP contribution in [0, 0.1) is 0 Å². The smallest absolute Gasteiger partial charge is 0.258 e. The molecule has 0 aliphatic carbocycles. The van der Waals surface area contributed by atoms with Gasteiger partial charge in [0.2, 0.25) is 0 Å². The van der Waals surface area contributed by atoms with Crippen molar-refractivity contribution in [1.82, 2.24) is 0 Å². The highest BCUT2D eigenvalue weighted by Gasteiger charge is 2.20. The SMILES string of the molecule is C1=C[C@@H](c2ccccc2)CO[C@H](c2ccco2)O1. The molecule has 3 nitrogen and oxygen atoms in total. The first-order chi connectivity index (χ1) is 8.93. The van der Waals surface area contributed by atoms with Gasteiger partial charge in [0.1, 0.15) is 0 Å². The first-order valence-corrected chi connectivity index (χ1v) is 5.95. The van der Waals surface area contributed by atoms with Gasteiger partial charge in [0.25, 0.3) is 6.29 Å². The van der Waals surface area contributed by atoms with Crippen LogP contribution in [-0.2, 0) is 9.47 Å². The van der Waals surface area contributed by atoms with Crippen molar-refractivity contribution in [2.24, 2.45) is 0 Å². The summed E-state index contributed by atoms with van der Waals surface area (Å²) in [5.41, 5.74) is 1.22. The van der Waals surface area contributed by atoms with Gasteiger partial charge in [0.05, 0.1) is 19.1 Å². The van der Waals surface area contributed by atoms with Crippen LogP contribution in [0.1, 0.15) is 23.5 Å². The van der Waals surface area contributed by atoms with E-state index < -0.39 is 6.29 Å². The Kier molecular flexibility index (Phi) is 3.15. The predicted molar refractivity (Wildman–Crippen MR) is 66.8 cm³/mol. The molecular weight excluding hydrogens is 228 g/mol. The van der Waals surface area contributed by atoms with Crippen LogP contribution >= 0.6 is 0 Å². The summed E-state index contributed by atoms with van der Waals surface area (Å²) in [5, 5.41) is 0.